The molecule has 0 aliphatic carbocycles. The lowest BCUT2D eigenvalue weighted by molar-refractivity contribution is -0.156. The first-order valence-corrected chi connectivity index (χ1v) is 5.59. The molecule has 0 bridgehead atoms. The average Bonchev–Trinajstić information content (AvgIpc) is 2.43. The first kappa shape index (κ1) is 13.7. The minimum absolute atomic E-state index is 0.0313. The number of rotatable bonds is 4. The number of ether oxygens (including phenoxy) is 2. The molecule has 1 rings (SSSR count). The molecule has 5 heteroatoms. The summed E-state index contributed by atoms with van der Waals surface area (Å²) in [5.74, 6) is -2.34. The SMILES string of the molecule is COC(=O)[C@@H]1C(=O)OC(C)(C)[C@@H]1CCC(C)=O. The Morgan fingerprint density at radius 1 is 1.41 bits per heavy atom. The highest BCUT2D eigenvalue weighted by molar-refractivity contribution is 5.97. The molecule has 0 aromatic rings. The lowest BCUT2D eigenvalue weighted by Crippen LogP contribution is -2.34. The number of methoxy groups -OCH3 is 1. The van der Waals surface area contributed by atoms with Crippen molar-refractivity contribution in [2.75, 3.05) is 7.11 Å². The monoisotopic (exact) mass is 242 g/mol. The number of cyclic esters (lactones) is 1. The molecule has 1 saturated heterocycles. The first-order chi connectivity index (χ1) is 7.79. The zero-order valence-corrected chi connectivity index (χ0v) is 10.6. The molecule has 96 valence electrons. The second kappa shape index (κ2) is 4.85. The number of Topliss-reactive ketones (excluding diaryl/α,β-unsaturated/α-hetero) is 1. The van der Waals surface area contributed by atoms with Crippen molar-refractivity contribution in [3.05, 3.63) is 0 Å². The van der Waals surface area contributed by atoms with Crippen LogP contribution < -0.4 is 0 Å². The van der Waals surface area contributed by atoms with Gasteiger partial charge >= 0.3 is 11.9 Å². The molecule has 1 aliphatic rings. The van der Waals surface area contributed by atoms with Gasteiger partial charge in [-0.2, -0.15) is 0 Å². The van der Waals surface area contributed by atoms with Crippen LogP contribution in [0, 0.1) is 11.8 Å². The van der Waals surface area contributed by atoms with Crippen LogP contribution in [-0.4, -0.2) is 30.4 Å². The Bertz CT molecular complexity index is 345. The quantitative estimate of drug-likeness (QED) is 0.545. The Hall–Kier alpha value is -1.39. The Kier molecular flexibility index (Phi) is 3.91. The predicted molar refractivity (Wildman–Crippen MR) is 59.1 cm³/mol. The van der Waals surface area contributed by atoms with Crippen molar-refractivity contribution in [2.45, 2.75) is 39.2 Å². The van der Waals surface area contributed by atoms with E-state index >= 15 is 0 Å². The van der Waals surface area contributed by atoms with Crippen molar-refractivity contribution in [3.63, 3.8) is 0 Å². The number of hydrogen-bond donors (Lipinski definition) is 0. The Morgan fingerprint density at radius 3 is 2.47 bits per heavy atom. The average molecular weight is 242 g/mol. The van der Waals surface area contributed by atoms with Gasteiger partial charge in [0.2, 0.25) is 0 Å². The molecule has 0 amide bonds. The van der Waals surface area contributed by atoms with Crippen molar-refractivity contribution in [1.82, 2.24) is 0 Å². The van der Waals surface area contributed by atoms with Crippen LogP contribution in [0.4, 0.5) is 0 Å². The minimum Gasteiger partial charge on any atom is -0.468 e. The maximum Gasteiger partial charge on any atom is 0.321 e. The van der Waals surface area contributed by atoms with Gasteiger partial charge in [-0.25, -0.2) is 0 Å². The fraction of sp³-hybridized carbons (Fsp3) is 0.750. The fourth-order valence-corrected chi connectivity index (χ4v) is 2.22. The second-order valence-corrected chi connectivity index (χ2v) is 4.87. The molecule has 2 atom stereocenters. The van der Waals surface area contributed by atoms with E-state index in [0.717, 1.165) is 0 Å². The Morgan fingerprint density at radius 2 is 2.00 bits per heavy atom. The minimum atomic E-state index is -0.908. The summed E-state index contributed by atoms with van der Waals surface area (Å²) in [5.41, 5.74) is -0.731. The van der Waals surface area contributed by atoms with Crippen molar-refractivity contribution in [1.29, 1.82) is 0 Å². The molecule has 1 heterocycles. The van der Waals surface area contributed by atoms with Crippen LogP contribution in [-0.2, 0) is 23.9 Å². The maximum absolute atomic E-state index is 11.6. The van der Waals surface area contributed by atoms with Crippen molar-refractivity contribution in [2.24, 2.45) is 11.8 Å². The number of ketones is 1. The van der Waals surface area contributed by atoms with Crippen LogP contribution in [0.5, 0.6) is 0 Å². The van der Waals surface area contributed by atoms with Crippen molar-refractivity contribution < 1.29 is 23.9 Å². The van der Waals surface area contributed by atoms with Gasteiger partial charge in [0.15, 0.2) is 5.92 Å². The summed E-state index contributed by atoms with van der Waals surface area (Å²) >= 11 is 0. The topological polar surface area (TPSA) is 69.7 Å². The highest BCUT2D eigenvalue weighted by Crippen LogP contribution is 2.40. The third-order valence-electron chi connectivity index (χ3n) is 3.18. The van der Waals surface area contributed by atoms with Gasteiger partial charge < -0.3 is 14.3 Å². The second-order valence-electron chi connectivity index (χ2n) is 4.87. The summed E-state index contributed by atoms with van der Waals surface area (Å²) in [7, 11) is 1.24. The molecular formula is C12H18O5. The van der Waals surface area contributed by atoms with E-state index in [4.69, 9.17) is 4.74 Å². The number of esters is 2. The van der Waals surface area contributed by atoms with Crippen LogP contribution in [0.15, 0.2) is 0 Å². The molecule has 0 spiro atoms. The van der Waals surface area contributed by atoms with Crippen molar-refractivity contribution >= 4 is 17.7 Å². The van der Waals surface area contributed by atoms with Crippen molar-refractivity contribution in [3.8, 4) is 0 Å². The summed E-state index contributed by atoms with van der Waals surface area (Å²) in [4.78, 5) is 34.2. The maximum atomic E-state index is 11.6. The molecule has 5 nitrogen and oxygen atoms in total. The number of hydrogen-bond acceptors (Lipinski definition) is 5. The Balaban J connectivity index is 2.88. The van der Waals surface area contributed by atoms with Crippen LogP contribution in [0.1, 0.15) is 33.6 Å². The van der Waals surface area contributed by atoms with Gasteiger partial charge in [-0.15, -0.1) is 0 Å². The van der Waals surface area contributed by atoms with Crippen LogP contribution >= 0.6 is 0 Å². The molecule has 0 N–H and O–H groups in total. The predicted octanol–water partition coefficient (Wildman–Crippen LogP) is 1.10. The third-order valence-corrected chi connectivity index (χ3v) is 3.18. The zero-order valence-electron chi connectivity index (χ0n) is 10.6. The van der Waals surface area contributed by atoms with Gasteiger partial charge in [-0.3, -0.25) is 9.59 Å². The molecular weight excluding hydrogens is 224 g/mol. The molecule has 17 heavy (non-hydrogen) atoms. The van der Waals surface area contributed by atoms with E-state index in [2.05, 4.69) is 4.74 Å². The zero-order chi connectivity index (χ0) is 13.2. The largest absolute Gasteiger partial charge is 0.468 e. The number of carbonyl (C=O) groups excluding carboxylic acids is 3. The summed E-state index contributed by atoms with van der Waals surface area (Å²) in [6.45, 7) is 4.98. The molecule has 0 radical (unpaired) electrons. The van der Waals surface area contributed by atoms with E-state index in [-0.39, 0.29) is 11.7 Å². The number of carbonyl (C=O) groups is 3. The van der Waals surface area contributed by atoms with E-state index in [1.807, 2.05) is 0 Å². The molecule has 0 unspecified atom stereocenters. The molecule has 0 aromatic heterocycles. The van der Waals surface area contributed by atoms with E-state index in [1.165, 1.54) is 14.0 Å². The van der Waals surface area contributed by atoms with Gasteiger partial charge in [0.1, 0.15) is 11.4 Å². The van der Waals surface area contributed by atoms with Crippen LogP contribution in [0.3, 0.4) is 0 Å². The normalized spacial score (nSPS) is 26.5. The summed E-state index contributed by atoms with van der Waals surface area (Å²) in [6.07, 6.45) is 0.784. The standard InChI is InChI=1S/C12H18O5/c1-7(13)5-6-8-9(10(14)16-4)11(15)17-12(8,2)3/h8-9H,5-6H2,1-4H3/t8-,9-/m1/s1. The van der Waals surface area contributed by atoms with Crippen LogP contribution in [0.2, 0.25) is 0 Å². The van der Waals surface area contributed by atoms with Gasteiger partial charge in [0.25, 0.3) is 0 Å². The molecule has 0 aromatic carbocycles. The van der Waals surface area contributed by atoms with E-state index in [9.17, 15) is 14.4 Å². The summed E-state index contributed by atoms with van der Waals surface area (Å²) in [6, 6.07) is 0. The van der Waals surface area contributed by atoms with Gasteiger partial charge in [-0.05, 0) is 27.2 Å². The fourth-order valence-electron chi connectivity index (χ4n) is 2.22. The molecule has 0 saturated carbocycles. The Labute approximate surface area is 100 Å². The van der Waals surface area contributed by atoms with E-state index < -0.39 is 23.5 Å². The van der Waals surface area contributed by atoms with Crippen LogP contribution in [0.25, 0.3) is 0 Å². The van der Waals surface area contributed by atoms with Gasteiger partial charge in [-0.1, -0.05) is 0 Å². The van der Waals surface area contributed by atoms with E-state index in [1.54, 1.807) is 13.8 Å². The molecule has 1 aliphatic heterocycles. The summed E-state index contributed by atoms with van der Waals surface area (Å²) in [5, 5.41) is 0. The lowest BCUT2D eigenvalue weighted by Gasteiger charge is -2.25. The first-order valence-electron chi connectivity index (χ1n) is 5.59. The van der Waals surface area contributed by atoms with Gasteiger partial charge in [0, 0.05) is 12.3 Å². The molecule has 1 fully saturated rings. The van der Waals surface area contributed by atoms with Gasteiger partial charge in [0.05, 0.1) is 7.11 Å². The lowest BCUT2D eigenvalue weighted by atomic mass is 9.79. The summed E-state index contributed by atoms with van der Waals surface area (Å²) < 4.78 is 9.79. The highest BCUT2D eigenvalue weighted by Gasteiger charge is 2.53. The highest BCUT2D eigenvalue weighted by atomic mass is 16.6. The smallest absolute Gasteiger partial charge is 0.321 e. The van der Waals surface area contributed by atoms with E-state index in [0.29, 0.717) is 12.8 Å². The third kappa shape index (κ3) is 2.84.